The highest BCUT2D eigenvalue weighted by Crippen LogP contribution is 2.24. The third kappa shape index (κ3) is 2.89. The van der Waals surface area contributed by atoms with Gasteiger partial charge in [0.1, 0.15) is 5.82 Å². The molecule has 1 fully saturated rings. The normalized spacial score (nSPS) is 19.9. The first-order chi connectivity index (χ1) is 8.24. The summed E-state index contributed by atoms with van der Waals surface area (Å²) in [5.41, 5.74) is 6.37. The van der Waals surface area contributed by atoms with Gasteiger partial charge < -0.3 is 15.4 Å². The molecule has 17 heavy (non-hydrogen) atoms. The van der Waals surface area contributed by atoms with Crippen LogP contribution in [0.2, 0.25) is 5.02 Å². The van der Waals surface area contributed by atoms with E-state index in [-0.39, 0.29) is 0 Å². The van der Waals surface area contributed by atoms with Gasteiger partial charge in [-0.25, -0.2) is 4.98 Å². The molecule has 1 atom stereocenters. The SMILES string of the molecule is COCC1CCN(c2ccc(Cl)c(CN)n2)C1. The highest BCUT2D eigenvalue weighted by Gasteiger charge is 2.23. The average Bonchev–Trinajstić information content (AvgIpc) is 2.79. The molecular weight excluding hydrogens is 238 g/mol. The highest BCUT2D eigenvalue weighted by molar-refractivity contribution is 6.31. The van der Waals surface area contributed by atoms with E-state index in [2.05, 4.69) is 9.88 Å². The predicted molar refractivity (Wildman–Crippen MR) is 69.3 cm³/mol. The second-order valence-corrected chi connectivity index (χ2v) is 4.77. The summed E-state index contributed by atoms with van der Waals surface area (Å²) in [6.07, 6.45) is 1.15. The highest BCUT2D eigenvalue weighted by atomic mass is 35.5. The van der Waals surface area contributed by atoms with E-state index in [1.807, 2.05) is 12.1 Å². The smallest absolute Gasteiger partial charge is 0.128 e. The maximum absolute atomic E-state index is 6.00. The van der Waals surface area contributed by atoms with Crippen molar-refractivity contribution in [3.05, 3.63) is 22.8 Å². The van der Waals surface area contributed by atoms with E-state index in [0.717, 1.165) is 37.6 Å². The van der Waals surface area contributed by atoms with Gasteiger partial charge in [-0.15, -0.1) is 0 Å². The van der Waals surface area contributed by atoms with Crippen LogP contribution in [0, 0.1) is 5.92 Å². The van der Waals surface area contributed by atoms with E-state index in [4.69, 9.17) is 22.1 Å². The van der Waals surface area contributed by atoms with Crippen molar-refractivity contribution in [1.29, 1.82) is 0 Å². The van der Waals surface area contributed by atoms with Gasteiger partial charge in [-0.05, 0) is 18.6 Å². The van der Waals surface area contributed by atoms with Crippen LogP contribution in [-0.2, 0) is 11.3 Å². The third-order valence-electron chi connectivity index (χ3n) is 3.11. The van der Waals surface area contributed by atoms with Crippen LogP contribution < -0.4 is 10.6 Å². The molecule has 1 saturated heterocycles. The van der Waals surface area contributed by atoms with Crippen LogP contribution in [0.3, 0.4) is 0 Å². The van der Waals surface area contributed by atoms with E-state index in [0.29, 0.717) is 17.5 Å². The van der Waals surface area contributed by atoms with Gasteiger partial charge in [0.2, 0.25) is 0 Å². The van der Waals surface area contributed by atoms with Crippen LogP contribution in [0.4, 0.5) is 5.82 Å². The molecule has 1 aromatic rings. The van der Waals surface area contributed by atoms with Gasteiger partial charge in [0.25, 0.3) is 0 Å². The van der Waals surface area contributed by atoms with Crippen LogP contribution in [0.25, 0.3) is 0 Å². The molecule has 0 aliphatic carbocycles. The number of halogens is 1. The fourth-order valence-electron chi connectivity index (χ4n) is 2.20. The zero-order valence-corrected chi connectivity index (χ0v) is 10.8. The van der Waals surface area contributed by atoms with Gasteiger partial charge in [-0.3, -0.25) is 0 Å². The van der Waals surface area contributed by atoms with Crippen molar-refractivity contribution in [2.75, 3.05) is 31.7 Å². The third-order valence-corrected chi connectivity index (χ3v) is 3.45. The molecule has 0 radical (unpaired) electrons. The summed E-state index contributed by atoms with van der Waals surface area (Å²) in [4.78, 5) is 6.76. The topological polar surface area (TPSA) is 51.4 Å². The lowest BCUT2D eigenvalue weighted by atomic mass is 10.1. The molecule has 2 heterocycles. The Labute approximate surface area is 107 Å². The Kier molecular flexibility index (Phi) is 4.20. The second kappa shape index (κ2) is 5.67. The van der Waals surface area contributed by atoms with Crippen molar-refractivity contribution in [3.63, 3.8) is 0 Å². The van der Waals surface area contributed by atoms with Gasteiger partial charge in [0.05, 0.1) is 17.3 Å². The molecule has 1 unspecified atom stereocenters. The molecule has 0 aromatic carbocycles. The summed E-state index contributed by atoms with van der Waals surface area (Å²) < 4.78 is 5.19. The first-order valence-corrected chi connectivity index (χ1v) is 6.21. The number of methoxy groups -OCH3 is 1. The Bertz CT molecular complexity index is 386. The number of hydrogen-bond acceptors (Lipinski definition) is 4. The first-order valence-electron chi connectivity index (χ1n) is 5.84. The van der Waals surface area contributed by atoms with E-state index >= 15 is 0 Å². The summed E-state index contributed by atoms with van der Waals surface area (Å²) in [7, 11) is 1.75. The zero-order chi connectivity index (χ0) is 12.3. The molecule has 1 aliphatic rings. The Hall–Kier alpha value is -0.840. The second-order valence-electron chi connectivity index (χ2n) is 4.36. The summed E-state index contributed by atoms with van der Waals surface area (Å²) >= 11 is 6.00. The van der Waals surface area contributed by atoms with Crippen molar-refractivity contribution in [1.82, 2.24) is 4.98 Å². The van der Waals surface area contributed by atoms with E-state index in [1.165, 1.54) is 0 Å². The predicted octanol–water partition coefficient (Wildman–Crippen LogP) is 1.67. The van der Waals surface area contributed by atoms with Gasteiger partial charge in [0.15, 0.2) is 0 Å². The standard InChI is InChI=1S/C12H18ClN3O/c1-17-8-9-4-5-16(7-9)12-3-2-10(13)11(6-14)15-12/h2-3,9H,4-8,14H2,1H3. The minimum atomic E-state index is 0.377. The van der Waals surface area contributed by atoms with Crippen molar-refractivity contribution in [2.24, 2.45) is 11.7 Å². The van der Waals surface area contributed by atoms with Crippen molar-refractivity contribution < 1.29 is 4.74 Å². The number of aromatic nitrogens is 1. The minimum Gasteiger partial charge on any atom is -0.384 e. The van der Waals surface area contributed by atoms with Crippen molar-refractivity contribution in [3.8, 4) is 0 Å². The number of pyridine rings is 1. The molecule has 94 valence electrons. The van der Waals surface area contributed by atoms with Gasteiger partial charge in [-0.2, -0.15) is 0 Å². The molecule has 2 N–H and O–H groups in total. The van der Waals surface area contributed by atoms with Gasteiger partial charge in [0, 0.05) is 32.7 Å². The fraction of sp³-hybridized carbons (Fsp3) is 0.583. The summed E-state index contributed by atoms with van der Waals surface area (Å²) in [6.45, 7) is 3.20. The van der Waals surface area contributed by atoms with Gasteiger partial charge in [-0.1, -0.05) is 11.6 Å². The molecule has 2 rings (SSSR count). The summed E-state index contributed by atoms with van der Waals surface area (Å²) in [5, 5.41) is 0.642. The molecule has 0 bridgehead atoms. The molecule has 5 heteroatoms. The van der Waals surface area contributed by atoms with Crippen molar-refractivity contribution in [2.45, 2.75) is 13.0 Å². The van der Waals surface area contributed by atoms with Crippen LogP contribution in [0.1, 0.15) is 12.1 Å². The lowest BCUT2D eigenvalue weighted by Crippen LogP contribution is -2.22. The quantitative estimate of drug-likeness (QED) is 0.889. The van der Waals surface area contributed by atoms with E-state index in [1.54, 1.807) is 7.11 Å². The lowest BCUT2D eigenvalue weighted by molar-refractivity contribution is 0.161. The van der Waals surface area contributed by atoms with E-state index < -0.39 is 0 Å². The van der Waals surface area contributed by atoms with Crippen LogP contribution in [0.15, 0.2) is 12.1 Å². The number of hydrogen-bond donors (Lipinski definition) is 1. The number of rotatable bonds is 4. The number of ether oxygens (including phenoxy) is 1. The molecule has 1 aromatic heterocycles. The Balaban J connectivity index is 2.08. The number of nitrogens with zero attached hydrogens (tertiary/aromatic N) is 2. The number of anilines is 1. The first kappa shape index (κ1) is 12.6. The maximum atomic E-state index is 6.00. The summed E-state index contributed by atoms with van der Waals surface area (Å²) in [6, 6.07) is 3.83. The zero-order valence-electron chi connectivity index (χ0n) is 10.0. The van der Waals surface area contributed by atoms with Gasteiger partial charge >= 0.3 is 0 Å². The van der Waals surface area contributed by atoms with E-state index in [9.17, 15) is 0 Å². The Morgan fingerprint density at radius 2 is 2.41 bits per heavy atom. The monoisotopic (exact) mass is 255 g/mol. The lowest BCUT2D eigenvalue weighted by Gasteiger charge is -2.18. The summed E-state index contributed by atoms with van der Waals surface area (Å²) in [5.74, 6) is 1.56. The van der Waals surface area contributed by atoms with Crippen LogP contribution >= 0.6 is 11.6 Å². The average molecular weight is 256 g/mol. The number of nitrogens with two attached hydrogens (primary N) is 1. The fourth-order valence-corrected chi connectivity index (χ4v) is 2.39. The Morgan fingerprint density at radius 1 is 1.59 bits per heavy atom. The van der Waals surface area contributed by atoms with Crippen molar-refractivity contribution >= 4 is 17.4 Å². The molecule has 4 nitrogen and oxygen atoms in total. The Morgan fingerprint density at radius 3 is 3.12 bits per heavy atom. The van der Waals surface area contributed by atoms with Crippen LogP contribution in [-0.4, -0.2) is 31.8 Å². The molecule has 1 aliphatic heterocycles. The molecule has 0 spiro atoms. The van der Waals surface area contributed by atoms with Crippen LogP contribution in [0.5, 0.6) is 0 Å². The minimum absolute atomic E-state index is 0.377. The molecule has 0 amide bonds. The molecule has 0 saturated carbocycles. The largest absolute Gasteiger partial charge is 0.384 e. The maximum Gasteiger partial charge on any atom is 0.128 e. The molecular formula is C12H18ClN3O.